The number of carbonyl (C=O) groups is 1. The Morgan fingerprint density at radius 3 is 2.47 bits per heavy atom. The molecule has 0 radical (unpaired) electrons. The molecule has 1 amide bonds. The Hall–Kier alpha value is -1.06. The molecule has 0 spiro atoms. The fraction of sp³-hybridized carbons (Fsp3) is 0.364. The van der Waals surface area contributed by atoms with Crippen molar-refractivity contribution in [2.24, 2.45) is 0 Å². The van der Waals surface area contributed by atoms with Gasteiger partial charge in [-0.1, -0.05) is 11.6 Å². The van der Waals surface area contributed by atoms with Crippen LogP contribution < -0.4 is 0 Å². The monoisotopic (exact) mass is 223 g/mol. The fourth-order valence-corrected chi connectivity index (χ4v) is 2.08. The highest BCUT2D eigenvalue weighted by atomic mass is 35.5. The molecule has 3 rings (SSSR count). The molecule has 1 aromatic carbocycles. The van der Waals surface area contributed by atoms with Crippen LogP contribution in [-0.2, 0) is 4.74 Å². The molecule has 0 saturated carbocycles. The number of nitrogens with zero attached hydrogens (tertiary/aromatic N) is 1. The Balaban J connectivity index is 1.76. The molecule has 15 heavy (non-hydrogen) atoms. The number of fused-ring (bicyclic) bond motifs is 1. The highest BCUT2D eigenvalue weighted by Gasteiger charge is 2.48. The first-order chi connectivity index (χ1) is 7.24. The van der Waals surface area contributed by atoms with Crippen LogP contribution in [0.2, 0.25) is 5.02 Å². The SMILES string of the molecule is O=C(c1ccc(Cl)cc1)N1CC2OC2C1. The van der Waals surface area contributed by atoms with E-state index in [-0.39, 0.29) is 5.91 Å². The Labute approximate surface area is 92.6 Å². The van der Waals surface area contributed by atoms with Crippen LogP contribution in [0.4, 0.5) is 0 Å². The van der Waals surface area contributed by atoms with Gasteiger partial charge in [-0.25, -0.2) is 0 Å². The average molecular weight is 224 g/mol. The second-order valence-electron chi connectivity index (χ2n) is 3.93. The van der Waals surface area contributed by atoms with Crippen molar-refractivity contribution in [1.82, 2.24) is 4.90 Å². The van der Waals surface area contributed by atoms with Gasteiger partial charge in [0.05, 0.1) is 0 Å². The lowest BCUT2D eigenvalue weighted by atomic mass is 10.2. The maximum absolute atomic E-state index is 12.0. The maximum atomic E-state index is 12.0. The van der Waals surface area contributed by atoms with Crippen LogP contribution >= 0.6 is 11.6 Å². The van der Waals surface area contributed by atoms with Crippen molar-refractivity contribution < 1.29 is 9.53 Å². The predicted octanol–water partition coefficient (Wildman–Crippen LogP) is 1.56. The van der Waals surface area contributed by atoms with Crippen LogP contribution in [0.15, 0.2) is 24.3 Å². The minimum atomic E-state index is 0.0717. The van der Waals surface area contributed by atoms with Crippen LogP contribution in [0, 0.1) is 0 Å². The van der Waals surface area contributed by atoms with Gasteiger partial charge in [-0.2, -0.15) is 0 Å². The minimum absolute atomic E-state index is 0.0717. The van der Waals surface area contributed by atoms with Crippen molar-refractivity contribution >= 4 is 17.5 Å². The zero-order chi connectivity index (χ0) is 10.4. The number of ether oxygens (including phenoxy) is 1. The van der Waals surface area contributed by atoms with E-state index in [2.05, 4.69) is 0 Å². The van der Waals surface area contributed by atoms with E-state index in [9.17, 15) is 4.79 Å². The summed E-state index contributed by atoms with van der Waals surface area (Å²) in [7, 11) is 0. The summed E-state index contributed by atoms with van der Waals surface area (Å²) in [6, 6.07) is 7.00. The van der Waals surface area contributed by atoms with Crippen molar-refractivity contribution in [3.63, 3.8) is 0 Å². The molecule has 0 bridgehead atoms. The van der Waals surface area contributed by atoms with Crippen molar-refractivity contribution in [1.29, 1.82) is 0 Å². The largest absolute Gasteiger partial charge is 0.366 e. The number of hydrogen-bond donors (Lipinski definition) is 0. The molecule has 2 saturated heterocycles. The zero-order valence-corrected chi connectivity index (χ0v) is 8.78. The Bertz CT molecular complexity index is 394. The molecule has 2 unspecified atom stereocenters. The van der Waals surface area contributed by atoms with E-state index < -0.39 is 0 Å². The molecule has 0 aromatic heterocycles. The lowest BCUT2D eigenvalue weighted by molar-refractivity contribution is 0.0730. The lowest BCUT2D eigenvalue weighted by Crippen LogP contribution is -2.31. The van der Waals surface area contributed by atoms with Gasteiger partial charge < -0.3 is 9.64 Å². The number of carbonyl (C=O) groups excluding carboxylic acids is 1. The Kier molecular flexibility index (Phi) is 1.97. The molecule has 2 heterocycles. The van der Waals surface area contributed by atoms with Gasteiger partial charge in [-0.05, 0) is 24.3 Å². The van der Waals surface area contributed by atoms with Crippen LogP contribution in [-0.4, -0.2) is 36.1 Å². The third-order valence-corrected chi connectivity index (χ3v) is 3.12. The number of epoxide rings is 1. The average Bonchev–Trinajstić information content (AvgIpc) is 2.86. The van der Waals surface area contributed by atoms with Crippen molar-refractivity contribution in [2.75, 3.05) is 13.1 Å². The van der Waals surface area contributed by atoms with Crippen LogP contribution in [0.25, 0.3) is 0 Å². The molecular weight excluding hydrogens is 214 g/mol. The van der Waals surface area contributed by atoms with Gasteiger partial charge in [0.15, 0.2) is 0 Å². The van der Waals surface area contributed by atoms with E-state index in [1.807, 2.05) is 4.90 Å². The number of hydrogen-bond acceptors (Lipinski definition) is 2. The highest BCUT2D eigenvalue weighted by molar-refractivity contribution is 6.30. The summed E-state index contributed by atoms with van der Waals surface area (Å²) in [5.41, 5.74) is 0.695. The van der Waals surface area contributed by atoms with Gasteiger partial charge in [-0.3, -0.25) is 4.79 Å². The maximum Gasteiger partial charge on any atom is 0.254 e. The molecule has 78 valence electrons. The van der Waals surface area contributed by atoms with Crippen LogP contribution in [0.5, 0.6) is 0 Å². The molecule has 4 heteroatoms. The summed E-state index contributed by atoms with van der Waals surface area (Å²) >= 11 is 5.76. The number of rotatable bonds is 1. The third kappa shape index (κ3) is 1.62. The second-order valence-corrected chi connectivity index (χ2v) is 4.37. The van der Waals surface area contributed by atoms with Crippen LogP contribution in [0.3, 0.4) is 0 Å². The first-order valence-corrected chi connectivity index (χ1v) is 5.32. The van der Waals surface area contributed by atoms with Crippen molar-refractivity contribution in [3.8, 4) is 0 Å². The number of morpholine rings is 1. The van der Waals surface area contributed by atoms with E-state index in [1.54, 1.807) is 24.3 Å². The molecule has 2 fully saturated rings. The first kappa shape index (κ1) is 9.19. The van der Waals surface area contributed by atoms with E-state index in [1.165, 1.54) is 0 Å². The van der Waals surface area contributed by atoms with Gasteiger partial charge in [-0.15, -0.1) is 0 Å². The molecule has 0 N–H and O–H groups in total. The lowest BCUT2D eigenvalue weighted by Gasteiger charge is -2.17. The topological polar surface area (TPSA) is 32.8 Å². The standard InChI is InChI=1S/C11H10ClNO2/c12-8-3-1-7(2-4-8)11(14)13-5-9-10(6-13)15-9/h1-4,9-10H,5-6H2. The summed E-state index contributed by atoms with van der Waals surface area (Å²) in [4.78, 5) is 13.8. The molecule has 1 aromatic rings. The molecule has 3 nitrogen and oxygen atoms in total. The highest BCUT2D eigenvalue weighted by Crippen LogP contribution is 2.31. The Morgan fingerprint density at radius 2 is 1.87 bits per heavy atom. The molecule has 2 aliphatic rings. The normalized spacial score (nSPS) is 27.7. The van der Waals surface area contributed by atoms with Crippen molar-refractivity contribution in [2.45, 2.75) is 12.2 Å². The quantitative estimate of drug-likeness (QED) is 0.677. The predicted molar refractivity (Wildman–Crippen MR) is 56.0 cm³/mol. The van der Waals surface area contributed by atoms with Gasteiger partial charge in [0, 0.05) is 23.7 Å². The molecule has 2 atom stereocenters. The van der Waals surface area contributed by atoms with E-state index in [4.69, 9.17) is 16.3 Å². The third-order valence-electron chi connectivity index (χ3n) is 2.87. The van der Waals surface area contributed by atoms with Gasteiger partial charge in [0.25, 0.3) is 5.91 Å². The van der Waals surface area contributed by atoms with Crippen LogP contribution in [0.1, 0.15) is 10.4 Å². The second kappa shape index (κ2) is 3.22. The van der Waals surface area contributed by atoms with E-state index in [0.717, 1.165) is 13.1 Å². The number of likely N-dealkylation sites (tertiary alicyclic amines) is 1. The minimum Gasteiger partial charge on any atom is -0.366 e. The number of halogens is 1. The summed E-state index contributed by atoms with van der Waals surface area (Å²) in [6.45, 7) is 1.46. The Morgan fingerprint density at radius 1 is 1.27 bits per heavy atom. The summed E-state index contributed by atoms with van der Waals surface area (Å²) in [6.07, 6.45) is 0.586. The summed E-state index contributed by atoms with van der Waals surface area (Å²) < 4.78 is 5.27. The summed E-state index contributed by atoms with van der Waals surface area (Å²) in [5.74, 6) is 0.0717. The number of amides is 1. The van der Waals surface area contributed by atoms with Gasteiger partial charge >= 0.3 is 0 Å². The van der Waals surface area contributed by atoms with Crippen molar-refractivity contribution in [3.05, 3.63) is 34.9 Å². The molecule has 2 aliphatic heterocycles. The smallest absolute Gasteiger partial charge is 0.254 e. The van der Waals surface area contributed by atoms with Gasteiger partial charge in [0.2, 0.25) is 0 Å². The van der Waals surface area contributed by atoms with E-state index >= 15 is 0 Å². The molecule has 0 aliphatic carbocycles. The summed E-state index contributed by atoms with van der Waals surface area (Å²) in [5, 5.41) is 0.652. The zero-order valence-electron chi connectivity index (χ0n) is 8.02. The fourth-order valence-electron chi connectivity index (χ4n) is 1.95. The molecular formula is C11H10ClNO2. The van der Waals surface area contributed by atoms with E-state index in [0.29, 0.717) is 22.8 Å². The first-order valence-electron chi connectivity index (χ1n) is 4.94. The van der Waals surface area contributed by atoms with Gasteiger partial charge in [0.1, 0.15) is 12.2 Å². The number of benzene rings is 1.